The molecule has 2 aromatic heterocycles. The first kappa shape index (κ1) is 17.7. The highest BCUT2D eigenvalue weighted by atomic mass is 32.1. The Hall–Kier alpha value is -2.73. The summed E-state index contributed by atoms with van der Waals surface area (Å²) < 4.78 is 11.7. The van der Waals surface area contributed by atoms with Crippen molar-refractivity contribution in [3.63, 3.8) is 0 Å². The van der Waals surface area contributed by atoms with E-state index in [1.807, 2.05) is 30.3 Å². The summed E-state index contributed by atoms with van der Waals surface area (Å²) in [4.78, 5) is 12.3. The van der Waals surface area contributed by atoms with Crippen LogP contribution in [0, 0.1) is 0 Å². The number of thiol groups is 1. The van der Waals surface area contributed by atoms with Crippen molar-refractivity contribution >= 4 is 34.6 Å². The molecular weight excluding hydrogens is 358 g/mol. The van der Waals surface area contributed by atoms with Gasteiger partial charge in [-0.05, 0) is 42.1 Å². The van der Waals surface area contributed by atoms with Gasteiger partial charge in [0.2, 0.25) is 0 Å². The monoisotopic (exact) mass is 379 g/mol. The molecule has 2 heterocycles. The van der Waals surface area contributed by atoms with Crippen molar-refractivity contribution in [2.45, 2.75) is 25.2 Å². The SMILES string of the molecule is CCCC(S)Oc1cc2c(OC)cccc2cc1-c1nc2ncccc2[nH]1. The minimum atomic E-state index is -0.191. The number of ether oxygens (including phenoxy) is 2. The molecule has 138 valence electrons. The summed E-state index contributed by atoms with van der Waals surface area (Å²) in [5, 5.41) is 2.04. The molecule has 0 aliphatic rings. The number of hydrogen-bond acceptors (Lipinski definition) is 5. The van der Waals surface area contributed by atoms with Crippen molar-refractivity contribution in [1.29, 1.82) is 0 Å². The lowest BCUT2D eigenvalue weighted by atomic mass is 10.0. The highest BCUT2D eigenvalue weighted by molar-refractivity contribution is 7.80. The number of aromatic amines is 1. The van der Waals surface area contributed by atoms with Gasteiger partial charge in [0.25, 0.3) is 0 Å². The molecule has 4 aromatic rings. The maximum absolute atomic E-state index is 6.17. The first-order chi connectivity index (χ1) is 13.2. The third-order valence-electron chi connectivity index (χ3n) is 4.47. The van der Waals surface area contributed by atoms with Gasteiger partial charge in [-0.1, -0.05) is 25.5 Å². The molecule has 0 saturated carbocycles. The molecule has 0 amide bonds. The van der Waals surface area contributed by atoms with Gasteiger partial charge >= 0.3 is 0 Å². The van der Waals surface area contributed by atoms with Crippen LogP contribution in [0.2, 0.25) is 0 Å². The van der Waals surface area contributed by atoms with Crippen LogP contribution in [-0.4, -0.2) is 27.5 Å². The van der Waals surface area contributed by atoms with Crippen LogP contribution in [0.1, 0.15) is 19.8 Å². The number of imidazole rings is 1. The zero-order valence-corrected chi connectivity index (χ0v) is 16.2. The lowest BCUT2D eigenvalue weighted by Crippen LogP contribution is -2.09. The Bertz CT molecular complexity index is 1060. The molecule has 0 aliphatic heterocycles. The Labute approximate surface area is 163 Å². The number of hydrogen-bond donors (Lipinski definition) is 2. The van der Waals surface area contributed by atoms with Crippen LogP contribution in [0.15, 0.2) is 48.7 Å². The average molecular weight is 379 g/mol. The van der Waals surface area contributed by atoms with Crippen LogP contribution >= 0.6 is 12.6 Å². The van der Waals surface area contributed by atoms with Crippen molar-refractivity contribution in [3.05, 3.63) is 48.7 Å². The number of nitrogens with one attached hydrogen (secondary N) is 1. The number of benzene rings is 2. The molecular formula is C21H21N3O2S. The van der Waals surface area contributed by atoms with Crippen LogP contribution in [0.4, 0.5) is 0 Å². The molecule has 1 atom stereocenters. The molecule has 0 bridgehead atoms. The van der Waals surface area contributed by atoms with Crippen LogP contribution < -0.4 is 9.47 Å². The Morgan fingerprint density at radius 3 is 2.81 bits per heavy atom. The van der Waals surface area contributed by atoms with E-state index in [2.05, 4.69) is 46.6 Å². The summed E-state index contributed by atoms with van der Waals surface area (Å²) in [6.45, 7) is 2.11. The highest BCUT2D eigenvalue weighted by Crippen LogP contribution is 2.38. The third-order valence-corrected chi connectivity index (χ3v) is 4.84. The van der Waals surface area contributed by atoms with Gasteiger partial charge in [0.1, 0.15) is 22.8 Å². The van der Waals surface area contributed by atoms with E-state index >= 15 is 0 Å². The average Bonchev–Trinajstić information content (AvgIpc) is 3.11. The second-order valence-corrected chi connectivity index (χ2v) is 6.93. The first-order valence-corrected chi connectivity index (χ1v) is 9.48. The molecule has 0 saturated heterocycles. The van der Waals surface area contributed by atoms with Crippen LogP contribution in [0.25, 0.3) is 33.3 Å². The van der Waals surface area contributed by atoms with Gasteiger partial charge in [-0.2, -0.15) is 0 Å². The summed E-state index contributed by atoms with van der Waals surface area (Å²) in [6.07, 6.45) is 3.59. The van der Waals surface area contributed by atoms with Gasteiger partial charge in [0.15, 0.2) is 5.65 Å². The van der Waals surface area contributed by atoms with E-state index in [1.165, 1.54) is 0 Å². The predicted molar refractivity (Wildman–Crippen MR) is 112 cm³/mol. The van der Waals surface area contributed by atoms with E-state index in [4.69, 9.17) is 9.47 Å². The molecule has 1 N–H and O–H groups in total. The van der Waals surface area contributed by atoms with Crippen molar-refractivity contribution in [3.8, 4) is 22.9 Å². The van der Waals surface area contributed by atoms with Gasteiger partial charge in [0, 0.05) is 11.6 Å². The maximum atomic E-state index is 6.17. The molecule has 27 heavy (non-hydrogen) atoms. The molecule has 4 rings (SSSR count). The normalized spacial score (nSPS) is 12.4. The second kappa shape index (κ2) is 7.48. The number of aromatic nitrogens is 3. The van der Waals surface area contributed by atoms with Gasteiger partial charge in [-0.3, -0.25) is 0 Å². The zero-order chi connectivity index (χ0) is 18.8. The number of pyridine rings is 1. The van der Waals surface area contributed by atoms with E-state index in [-0.39, 0.29) is 5.44 Å². The van der Waals surface area contributed by atoms with Crippen LogP contribution in [-0.2, 0) is 0 Å². The largest absolute Gasteiger partial charge is 0.496 e. The van der Waals surface area contributed by atoms with Crippen molar-refractivity contribution in [2.75, 3.05) is 7.11 Å². The number of H-pyrrole nitrogens is 1. The van der Waals surface area contributed by atoms with Crippen LogP contribution in [0.5, 0.6) is 11.5 Å². The third kappa shape index (κ3) is 3.45. The van der Waals surface area contributed by atoms with E-state index in [0.717, 1.165) is 52.0 Å². The molecule has 0 radical (unpaired) electrons. The van der Waals surface area contributed by atoms with Gasteiger partial charge in [0.05, 0.1) is 18.2 Å². The Kier molecular flexibility index (Phi) is 4.90. The first-order valence-electron chi connectivity index (χ1n) is 8.96. The minimum absolute atomic E-state index is 0.191. The van der Waals surface area contributed by atoms with Crippen molar-refractivity contribution in [2.24, 2.45) is 0 Å². The van der Waals surface area contributed by atoms with Gasteiger partial charge < -0.3 is 14.5 Å². The summed E-state index contributed by atoms with van der Waals surface area (Å²) in [7, 11) is 1.67. The lowest BCUT2D eigenvalue weighted by molar-refractivity contribution is 0.279. The van der Waals surface area contributed by atoms with E-state index in [1.54, 1.807) is 13.3 Å². The Morgan fingerprint density at radius 2 is 2.04 bits per heavy atom. The number of nitrogens with zero attached hydrogens (tertiary/aromatic N) is 2. The minimum Gasteiger partial charge on any atom is -0.496 e. The molecule has 6 heteroatoms. The molecule has 5 nitrogen and oxygen atoms in total. The Morgan fingerprint density at radius 1 is 1.15 bits per heavy atom. The number of fused-ring (bicyclic) bond motifs is 2. The standard InChI is InChI=1S/C21H21N3O2S/c1-3-6-19(27)26-18-12-14-13(7-4-9-17(14)25-2)11-15(18)20-23-16-8-5-10-22-21(16)24-20/h4-5,7-12,19,27H,3,6H2,1-2H3,(H,22,23,24). The second-order valence-electron chi connectivity index (χ2n) is 6.35. The smallest absolute Gasteiger partial charge is 0.178 e. The summed E-state index contributed by atoms with van der Waals surface area (Å²) in [5.41, 5.74) is 2.26. The molecule has 1 unspecified atom stereocenters. The summed E-state index contributed by atoms with van der Waals surface area (Å²) in [5.74, 6) is 2.25. The fourth-order valence-corrected chi connectivity index (χ4v) is 3.53. The van der Waals surface area contributed by atoms with E-state index < -0.39 is 0 Å². The molecule has 0 spiro atoms. The van der Waals surface area contributed by atoms with Gasteiger partial charge in [-0.15, -0.1) is 12.6 Å². The molecule has 0 fully saturated rings. The summed E-state index contributed by atoms with van der Waals surface area (Å²) >= 11 is 4.58. The van der Waals surface area contributed by atoms with Crippen molar-refractivity contribution < 1.29 is 9.47 Å². The topological polar surface area (TPSA) is 60.0 Å². The van der Waals surface area contributed by atoms with Gasteiger partial charge in [-0.25, -0.2) is 9.97 Å². The summed E-state index contributed by atoms with van der Waals surface area (Å²) in [6, 6.07) is 13.9. The fraction of sp³-hybridized carbons (Fsp3) is 0.238. The maximum Gasteiger partial charge on any atom is 0.178 e. The lowest BCUT2D eigenvalue weighted by Gasteiger charge is -2.17. The van der Waals surface area contributed by atoms with Crippen LogP contribution in [0.3, 0.4) is 0 Å². The quantitative estimate of drug-likeness (QED) is 0.356. The van der Waals surface area contributed by atoms with E-state index in [9.17, 15) is 0 Å². The molecule has 2 aromatic carbocycles. The number of methoxy groups -OCH3 is 1. The van der Waals surface area contributed by atoms with E-state index in [0.29, 0.717) is 5.65 Å². The predicted octanol–water partition coefficient (Wildman–Crippen LogP) is 5.22. The fourth-order valence-electron chi connectivity index (χ4n) is 3.16. The molecule has 0 aliphatic carbocycles. The van der Waals surface area contributed by atoms with Crippen molar-refractivity contribution in [1.82, 2.24) is 15.0 Å². The Balaban J connectivity index is 1.90. The zero-order valence-electron chi connectivity index (χ0n) is 15.3. The highest BCUT2D eigenvalue weighted by Gasteiger charge is 2.17. The number of rotatable bonds is 6.